The van der Waals surface area contributed by atoms with E-state index in [0.29, 0.717) is 17.9 Å². The van der Waals surface area contributed by atoms with Crippen LogP contribution in [0.1, 0.15) is 116 Å². The van der Waals surface area contributed by atoms with Crippen molar-refractivity contribution in [2.45, 2.75) is 117 Å². The van der Waals surface area contributed by atoms with Gasteiger partial charge in [0.2, 0.25) is 0 Å². The number of halogens is 3. The van der Waals surface area contributed by atoms with E-state index >= 15 is 0 Å². The Morgan fingerprint density at radius 3 is 2.18 bits per heavy atom. The standard InChI is InChI=1S/C39H58F3NOS/c1-37(2,3)30-43(26-16-28-45(6)27-15-24-39(41,42)38(4,5)40)25-13-8-7-12-20-36-34(31-17-10-9-11-18-31)21-14-19-32-29-33(44)22-23-35(32)36/h9-11,17-18,22-23,29,44H,6-8,12-16,19-21,24-28,30H2,1-5H3. The molecule has 1 atom stereocenters. The molecule has 0 aliphatic heterocycles. The van der Waals surface area contributed by atoms with Gasteiger partial charge in [0.1, 0.15) is 5.75 Å². The summed E-state index contributed by atoms with van der Waals surface area (Å²) in [6, 6.07) is 16.7. The average Bonchev–Trinajstić information content (AvgIpc) is 3.12. The average molecular weight is 646 g/mol. The molecule has 0 spiro atoms. The quantitative estimate of drug-likeness (QED) is 0.129. The van der Waals surface area contributed by atoms with E-state index in [1.807, 2.05) is 12.1 Å². The summed E-state index contributed by atoms with van der Waals surface area (Å²) in [7, 11) is -0.170. The third-order valence-electron chi connectivity index (χ3n) is 8.82. The molecule has 0 saturated carbocycles. The molecule has 0 aromatic heterocycles. The van der Waals surface area contributed by atoms with E-state index in [4.69, 9.17) is 0 Å². The summed E-state index contributed by atoms with van der Waals surface area (Å²) in [5, 5.41) is 10.1. The van der Waals surface area contributed by atoms with E-state index in [9.17, 15) is 18.3 Å². The lowest BCUT2D eigenvalue weighted by atomic mass is 9.89. The lowest BCUT2D eigenvalue weighted by Crippen LogP contribution is -2.38. The molecule has 0 fully saturated rings. The van der Waals surface area contributed by atoms with Crippen molar-refractivity contribution in [1.29, 1.82) is 0 Å². The molecular weight excluding hydrogens is 587 g/mol. The third-order valence-corrected chi connectivity index (χ3v) is 10.6. The van der Waals surface area contributed by atoms with Crippen molar-refractivity contribution in [2.75, 3.05) is 31.1 Å². The van der Waals surface area contributed by atoms with Crippen molar-refractivity contribution >= 4 is 27.5 Å². The largest absolute Gasteiger partial charge is 0.508 e. The van der Waals surface area contributed by atoms with Crippen LogP contribution >= 0.6 is 10.5 Å². The molecule has 1 aliphatic carbocycles. The second-order valence-corrected chi connectivity index (χ2v) is 16.7. The fraction of sp³-hybridized carbons (Fsp3) is 0.615. The van der Waals surface area contributed by atoms with Gasteiger partial charge in [-0.25, -0.2) is 13.2 Å². The van der Waals surface area contributed by atoms with Gasteiger partial charge >= 0.3 is 0 Å². The molecule has 2 aromatic carbocycles. The molecule has 1 N–H and O–H groups in total. The minimum Gasteiger partial charge on any atom is -0.508 e. The Kier molecular flexibility index (Phi) is 14.3. The normalized spacial score (nSPS) is 15.3. The molecular formula is C39H58F3NOS. The number of allylic oxidation sites excluding steroid dienone is 2. The molecule has 0 bridgehead atoms. The van der Waals surface area contributed by atoms with Crippen molar-refractivity contribution < 1.29 is 18.3 Å². The van der Waals surface area contributed by atoms with Crippen LogP contribution in [-0.2, 0) is 6.42 Å². The molecule has 0 amide bonds. The molecule has 252 valence electrons. The Hall–Kier alpha value is -2.05. The van der Waals surface area contributed by atoms with Crippen molar-refractivity contribution in [1.82, 2.24) is 4.90 Å². The number of hydrogen-bond donors (Lipinski definition) is 1. The number of benzene rings is 2. The molecule has 0 heterocycles. The lowest BCUT2D eigenvalue weighted by Gasteiger charge is -2.30. The fourth-order valence-electron chi connectivity index (χ4n) is 6.42. The van der Waals surface area contributed by atoms with Gasteiger partial charge in [0.15, 0.2) is 5.67 Å². The maximum Gasteiger partial charge on any atom is 0.280 e. The minimum atomic E-state index is -3.29. The third kappa shape index (κ3) is 12.6. The van der Waals surface area contributed by atoms with Gasteiger partial charge in [0.25, 0.3) is 5.92 Å². The minimum absolute atomic E-state index is 0.170. The summed E-state index contributed by atoms with van der Waals surface area (Å²) in [6.07, 6.45) is 9.81. The first kappa shape index (κ1) is 37.4. The van der Waals surface area contributed by atoms with Crippen molar-refractivity contribution in [3.05, 3.63) is 65.2 Å². The van der Waals surface area contributed by atoms with Gasteiger partial charge < -0.3 is 10.0 Å². The van der Waals surface area contributed by atoms with Crippen molar-refractivity contribution in [3.8, 4) is 5.75 Å². The Labute approximate surface area is 274 Å². The van der Waals surface area contributed by atoms with Crippen LogP contribution in [-0.4, -0.2) is 58.6 Å². The van der Waals surface area contributed by atoms with Crippen LogP contribution in [0.5, 0.6) is 5.75 Å². The van der Waals surface area contributed by atoms with Crippen LogP contribution < -0.4 is 0 Å². The topological polar surface area (TPSA) is 23.5 Å². The summed E-state index contributed by atoms with van der Waals surface area (Å²) >= 11 is 0. The second kappa shape index (κ2) is 17.2. The smallest absolute Gasteiger partial charge is 0.280 e. The van der Waals surface area contributed by atoms with E-state index in [-0.39, 0.29) is 15.9 Å². The zero-order valence-electron chi connectivity index (χ0n) is 28.6. The fourth-order valence-corrected chi connectivity index (χ4v) is 7.71. The zero-order chi connectivity index (χ0) is 33.1. The number of aryl methyl sites for hydroxylation is 1. The molecule has 1 unspecified atom stereocenters. The highest BCUT2D eigenvalue weighted by Gasteiger charge is 2.46. The first-order valence-corrected chi connectivity index (χ1v) is 18.8. The van der Waals surface area contributed by atoms with E-state index < -0.39 is 18.0 Å². The van der Waals surface area contributed by atoms with E-state index in [0.717, 1.165) is 84.2 Å². The highest BCUT2D eigenvalue weighted by Crippen LogP contribution is 2.40. The summed E-state index contributed by atoms with van der Waals surface area (Å²) in [5.74, 6) is 2.87. The van der Waals surface area contributed by atoms with Gasteiger partial charge in [-0.15, -0.1) is 0 Å². The number of aromatic hydroxyl groups is 1. The van der Waals surface area contributed by atoms with Gasteiger partial charge in [-0.05, 0) is 135 Å². The molecule has 6 heteroatoms. The predicted octanol–water partition coefficient (Wildman–Crippen LogP) is 11.2. The zero-order valence-corrected chi connectivity index (χ0v) is 29.4. The Morgan fingerprint density at radius 1 is 0.822 bits per heavy atom. The van der Waals surface area contributed by atoms with Gasteiger partial charge in [0, 0.05) is 13.0 Å². The number of phenolic OH excluding ortho intramolecular Hbond substituents is 1. The summed E-state index contributed by atoms with van der Waals surface area (Å²) in [4.78, 5) is 2.57. The maximum atomic E-state index is 14.0. The molecule has 0 saturated heterocycles. The van der Waals surface area contributed by atoms with Gasteiger partial charge in [0.05, 0.1) is 0 Å². The molecule has 2 nitrogen and oxygen atoms in total. The highest BCUT2D eigenvalue weighted by atomic mass is 32.2. The number of hydrogen-bond acceptors (Lipinski definition) is 2. The van der Waals surface area contributed by atoms with Gasteiger partial charge in [-0.2, -0.15) is 10.5 Å². The monoisotopic (exact) mass is 645 g/mol. The van der Waals surface area contributed by atoms with Crippen LogP contribution in [0, 0.1) is 5.41 Å². The molecule has 3 rings (SSSR count). The van der Waals surface area contributed by atoms with Crippen LogP contribution in [0.15, 0.2) is 48.5 Å². The molecule has 2 aromatic rings. The first-order valence-electron chi connectivity index (χ1n) is 17.0. The van der Waals surface area contributed by atoms with E-state index in [1.54, 1.807) is 0 Å². The maximum absolute atomic E-state index is 14.0. The lowest BCUT2D eigenvalue weighted by molar-refractivity contribution is -0.124. The number of alkyl halides is 3. The molecule has 45 heavy (non-hydrogen) atoms. The second-order valence-electron chi connectivity index (χ2n) is 14.7. The number of unbranched alkanes of at least 4 members (excludes halogenated alkanes) is 3. The summed E-state index contributed by atoms with van der Waals surface area (Å²) < 4.78 is 41.7. The van der Waals surface area contributed by atoms with E-state index in [2.05, 4.69) is 67.9 Å². The van der Waals surface area contributed by atoms with Crippen LogP contribution in [0.3, 0.4) is 0 Å². The SMILES string of the molecule is C=S(CCCN(CCCCCCC1=C(c2ccccc2)CCCc2cc(O)ccc21)CC(C)(C)C)CCCC(F)(F)C(C)(C)F. The summed E-state index contributed by atoms with van der Waals surface area (Å²) in [6.45, 7) is 11.9. The summed E-state index contributed by atoms with van der Waals surface area (Å²) in [5.41, 5.74) is 4.53. The van der Waals surface area contributed by atoms with Gasteiger partial charge in [-0.1, -0.05) is 75.9 Å². The van der Waals surface area contributed by atoms with Crippen molar-refractivity contribution in [3.63, 3.8) is 0 Å². The Balaban J connectivity index is 1.48. The Morgan fingerprint density at radius 2 is 1.49 bits per heavy atom. The predicted molar refractivity (Wildman–Crippen MR) is 192 cm³/mol. The molecule has 0 radical (unpaired) electrons. The number of rotatable bonds is 18. The Bertz CT molecular complexity index is 1240. The van der Waals surface area contributed by atoms with Gasteiger partial charge in [-0.3, -0.25) is 0 Å². The number of fused-ring (bicyclic) bond motifs is 1. The van der Waals surface area contributed by atoms with Crippen LogP contribution in [0.2, 0.25) is 0 Å². The first-order chi connectivity index (χ1) is 21.2. The van der Waals surface area contributed by atoms with Crippen LogP contribution in [0.4, 0.5) is 13.2 Å². The van der Waals surface area contributed by atoms with Crippen LogP contribution in [0.25, 0.3) is 11.1 Å². The number of nitrogens with zero attached hydrogens (tertiary/aromatic N) is 1. The number of phenols is 1. The van der Waals surface area contributed by atoms with E-state index in [1.165, 1.54) is 40.7 Å². The highest BCUT2D eigenvalue weighted by molar-refractivity contribution is 8.14. The van der Waals surface area contributed by atoms with Crippen molar-refractivity contribution in [2.24, 2.45) is 5.41 Å². The molecule has 1 aliphatic rings.